The number of hydrogen-bond acceptors (Lipinski definition) is 5. The van der Waals surface area contributed by atoms with Gasteiger partial charge >= 0.3 is 12.1 Å². The van der Waals surface area contributed by atoms with E-state index in [0.717, 1.165) is 35.1 Å². The van der Waals surface area contributed by atoms with E-state index >= 15 is 0 Å². The van der Waals surface area contributed by atoms with Gasteiger partial charge < -0.3 is 25.2 Å². The molecule has 8 heteroatoms. The summed E-state index contributed by atoms with van der Waals surface area (Å²) in [6, 6.07) is 15.2. The van der Waals surface area contributed by atoms with Crippen LogP contribution in [0, 0.1) is 5.92 Å². The summed E-state index contributed by atoms with van der Waals surface area (Å²) in [6.45, 7) is 2.55. The molecule has 0 saturated carbocycles. The van der Waals surface area contributed by atoms with Gasteiger partial charge in [0.05, 0.1) is 31.6 Å². The van der Waals surface area contributed by atoms with Gasteiger partial charge in [0.15, 0.2) is 0 Å². The number of fused-ring (bicyclic) bond motifs is 3. The maximum absolute atomic E-state index is 12.9. The van der Waals surface area contributed by atoms with Gasteiger partial charge in [0.1, 0.15) is 6.61 Å². The molecule has 0 radical (unpaired) electrons. The number of rotatable bonds is 10. The minimum atomic E-state index is -0.956. The van der Waals surface area contributed by atoms with E-state index in [4.69, 9.17) is 14.6 Å². The van der Waals surface area contributed by atoms with Crippen LogP contribution in [0.2, 0.25) is 0 Å². The van der Waals surface area contributed by atoms with E-state index in [1.165, 1.54) is 0 Å². The maximum Gasteiger partial charge on any atom is 0.407 e. The first kappa shape index (κ1) is 24.7. The van der Waals surface area contributed by atoms with Crippen LogP contribution in [0.3, 0.4) is 0 Å². The van der Waals surface area contributed by atoms with Crippen LogP contribution in [0.4, 0.5) is 4.79 Å². The molecule has 1 heterocycles. The minimum Gasteiger partial charge on any atom is -0.481 e. The summed E-state index contributed by atoms with van der Waals surface area (Å²) >= 11 is 0. The van der Waals surface area contributed by atoms with Crippen LogP contribution in [0.25, 0.3) is 11.1 Å². The number of aliphatic carboxylic acids is 1. The number of hydrogen-bond donors (Lipinski definition) is 3. The van der Waals surface area contributed by atoms with Gasteiger partial charge in [-0.15, -0.1) is 0 Å². The fourth-order valence-corrected chi connectivity index (χ4v) is 4.94. The Labute approximate surface area is 205 Å². The number of benzene rings is 2. The second-order valence-electron chi connectivity index (χ2n) is 9.17. The molecular weight excluding hydrogens is 448 g/mol. The first-order valence-corrected chi connectivity index (χ1v) is 12.2. The molecular formula is C27H32N2O6. The van der Waals surface area contributed by atoms with Crippen molar-refractivity contribution in [2.24, 2.45) is 5.92 Å². The Bertz CT molecular complexity index is 1030. The number of amides is 2. The van der Waals surface area contributed by atoms with Crippen molar-refractivity contribution in [1.82, 2.24) is 10.6 Å². The number of ether oxygens (including phenoxy) is 2. The molecule has 4 rings (SSSR count). The molecule has 186 valence electrons. The lowest BCUT2D eigenvalue weighted by atomic mass is 9.98. The molecule has 35 heavy (non-hydrogen) atoms. The van der Waals surface area contributed by atoms with Crippen molar-refractivity contribution < 1.29 is 29.0 Å². The van der Waals surface area contributed by atoms with Crippen LogP contribution in [-0.2, 0) is 19.1 Å². The molecule has 2 unspecified atom stereocenters. The Hall–Kier alpha value is -3.39. The van der Waals surface area contributed by atoms with Gasteiger partial charge in [-0.2, -0.15) is 0 Å². The van der Waals surface area contributed by atoms with Gasteiger partial charge in [0, 0.05) is 12.0 Å². The molecule has 3 N–H and O–H groups in total. The molecule has 2 aromatic rings. The van der Waals surface area contributed by atoms with E-state index in [2.05, 4.69) is 34.9 Å². The Morgan fingerprint density at radius 2 is 1.71 bits per heavy atom. The van der Waals surface area contributed by atoms with Crippen LogP contribution < -0.4 is 10.6 Å². The molecule has 2 amide bonds. The lowest BCUT2D eigenvalue weighted by molar-refractivity contribution is -0.137. The summed E-state index contributed by atoms with van der Waals surface area (Å²) in [4.78, 5) is 36.7. The Balaban J connectivity index is 1.34. The summed E-state index contributed by atoms with van der Waals surface area (Å²) in [5.41, 5.74) is 4.55. The lowest BCUT2D eigenvalue weighted by Crippen LogP contribution is -2.49. The predicted molar refractivity (Wildman–Crippen MR) is 130 cm³/mol. The maximum atomic E-state index is 12.9. The second-order valence-corrected chi connectivity index (χ2v) is 9.17. The standard InChI is InChI=1S/C27H32N2O6/c1-2-3-8-17(13-25(30)31)28-26(32)23-14-34-16-24(23)29-27(33)35-15-22-20-11-6-4-9-18(20)19-10-5-7-12-21(19)22/h4-7,9-12,17,22-24H,2-3,8,13-16H2,1H3,(H,28,32)(H,29,33)(H,30,31)/t17-,23?,24?/m1/s1. The summed E-state index contributed by atoms with van der Waals surface area (Å²) < 4.78 is 11.1. The van der Waals surface area contributed by atoms with E-state index in [9.17, 15) is 14.4 Å². The molecule has 1 saturated heterocycles. The Kier molecular flexibility index (Phi) is 8.02. The zero-order valence-corrected chi connectivity index (χ0v) is 19.9. The van der Waals surface area contributed by atoms with Crippen molar-refractivity contribution in [3.63, 3.8) is 0 Å². The number of carbonyl (C=O) groups is 3. The van der Waals surface area contributed by atoms with Crippen molar-refractivity contribution >= 4 is 18.0 Å². The van der Waals surface area contributed by atoms with E-state index < -0.39 is 30.1 Å². The van der Waals surface area contributed by atoms with E-state index in [1.54, 1.807) is 0 Å². The van der Waals surface area contributed by atoms with Crippen molar-refractivity contribution in [3.8, 4) is 11.1 Å². The SMILES string of the molecule is CCCC[C@H](CC(=O)O)NC(=O)C1COCC1NC(=O)OCC1c2ccccc2-c2ccccc21. The first-order valence-electron chi connectivity index (χ1n) is 12.2. The second kappa shape index (κ2) is 11.4. The number of carbonyl (C=O) groups excluding carboxylic acids is 2. The molecule has 2 aromatic carbocycles. The highest BCUT2D eigenvalue weighted by molar-refractivity contribution is 5.82. The van der Waals surface area contributed by atoms with Gasteiger partial charge in [-0.05, 0) is 28.7 Å². The Morgan fingerprint density at radius 1 is 1.06 bits per heavy atom. The van der Waals surface area contributed by atoms with Crippen molar-refractivity contribution in [1.29, 1.82) is 0 Å². The zero-order valence-electron chi connectivity index (χ0n) is 19.9. The van der Waals surface area contributed by atoms with Gasteiger partial charge in [-0.25, -0.2) is 4.79 Å². The quantitative estimate of drug-likeness (QED) is 0.478. The number of carboxylic acids is 1. The average molecular weight is 481 g/mol. The van der Waals surface area contributed by atoms with Crippen molar-refractivity contribution in [2.75, 3.05) is 19.8 Å². The topological polar surface area (TPSA) is 114 Å². The highest BCUT2D eigenvalue weighted by Gasteiger charge is 2.37. The minimum absolute atomic E-state index is 0.0533. The third-order valence-corrected chi connectivity index (χ3v) is 6.74. The fourth-order valence-electron chi connectivity index (χ4n) is 4.94. The summed E-state index contributed by atoms with van der Waals surface area (Å²) in [5, 5.41) is 14.8. The summed E-state index contributed by atoms with van der Waals surface area (Å²) in [7, 11) is 0. The number of carboxylic acid groups (broad SMARTS) is 1. The molecule has 0 spiro atoms. The van der Waals surface area contributed by atoms with Gasteiger partial charge in [0.25, 0.3) is 0 Å². The lowest BCUT2D eigenvalue weighted by Gasteiger charge is -2.23. The molecule has 8 nitrogen and oxygen atoms in total. The highest BCUT2D eigenvalue weighted by Crippen LogP contribution is 2.44. The Morgan fingerprint density at radius 3 is 2.34 bits per heavy atom. The largest absolute Gasteiger partial charge is 0.481 e. The molecule has 3 atom stereocenters. The van der Waals surface area contributed by atoms with Crippen LogP contribution in [0.1, 0.15) is 49.7 Å². The monoisotopic (exact) mass is 480 g/mol. The van der Waals surface area contributed by atoms with E-state index in [0.29, 0.717) is 6.42 Å². The van der Waals surface area contributed by atoms with Crippen LogP contribution in [0.15, 0.2) is 48.5 Å². The predicted octanol–water partition coefficient (Wildman–Crippen LogP) is 3.69. The molecule has 1 aliphatic carbocycles. The van der Waals surface area contributed by atoms with Crippen LogP contribution in [-0.4, -0.2) is 55.0 Å². The van der Waals surface area contributed by atoms with Crippen LogP contribution >= 0.6 is 0 Å². The summed E-state index contributed by atoms with van der Waals surface area (Å²) in [5.74, 6) is -1.92. The molecule has 1 aliphatic heterocycles. The smallest absolute Gasteiger partial charge is 0.407 e. The number of nitrogens with one attached hydrogen (secondary N) is 2. The highest BCUT2D eigenvalue weighted by atomic mass is 16.5. The van der Waals surface area contributed by atoms with E-state index in [1.807, 2.05) is 31.2 Å². The molecule has 0 aromatic heterocycles. The van der Waals surface area contributed by atoms with Crippen LogP contribution in [0.5, 0.6) is 0 Å². The van der Waals surface area contributed by atoms with Crippen molar-refractivity contribution in [3.05, 3.63) is 59.7 Å². The van der Waals surface area contributed by atoms with Crippen molar-refractivity contribution in [2.45, 2.75) is 50.6 Å². The van der Waals surface area contributed by atoms with Gasteiger partial charge in [-0.3, -0.25) is 9.59 Å². The zero-order chi connectivity index (χ0) is 24.8. The molecule has 1 fully saturated rings. The molecule has 2 aliphatic rings. The first-order chi connectivity index (χ1) is 17.0. The third kappa shape index (κ3) is 5.82. The summed E-state index contributed by atoms with van der Waals surface area (Å²) in [6.07, 6.45) is 1.58. The van der Waals surface area contributed by atoms with Gasteiger partial charge in [0.2, 0.25) is 5.91 Å². The number of alkyl carbamates (subject to hydrolysis) is 1. The fraction of sp³-hybridized carbons (Fsp3) is 0.444. The van der Waals surface area contributed by atoms with E-state index in [-0.39, 0.29) is 38.1 Å². The normalized spacial score (nSPS) is 19.5. The average Bonchev–Trinajstić information content (AvgIpc) is 3.43. The third-order valence-electron chi connectivity index (χ3n) is 6.74. The van der Waals surface area contributed by atoms with Gasteiger partial charge in [-0.1, -0.05) is 68.3 Å². The molecule has 0 bridgehead atoms. The number of unbranched alkanes of at least 4 members (excludes halogenated alkanes) is 1.